The molecular weight excluding hydrogens is 171 g/mol. The molecule has 3 nitrogen and oxygen atoms in total. The van der Waals surface area contributed by atoms with Crippen LogP contribution in [0.1, 0.15) is 13.3 Å². The molecule has 0 saturated heterocycles. The number of halogens is 1. The van der Waals surface area contributed by atoms with Crippen molar-refractivity contribution in [3.05, 3.63) is 24.1 Å². The number of aromatic nitrogens is 1. The smallest absolute Gasteiger partial charge is 0.214 e. The minimum absolute atomic E-state index is 0.396. The Hall–Kier alpha value is -1.16. The van der Waals surface area contributed by atoms with Crippen LogP contribution in [0, 0.1) is 5.95 Å². The first-order valence-electron chi connectivity index (χ1n) is 4.27. The number of nitrogens with one attached hydrogen (secondary N) is 1. The molecule has 0 saturated carbocycles. The van der Waals surface area contributed by atoms with Gasteiger partial charge in [0, 0.05) is 6.54 Å². The van der Waals surface area contributed by atoms with Gasteiger partial charge in [-0.1, -0.05) is 13.0 Å². The molecule has 0 aromatic carbocycles. The van der Waals surface area contributed by atoms with E-state index in [0.29, 0.717) is 18.8 Å². The van der Waals surface area contributed by atoms with Gasteiger partial charge in [-0.15, -0.1) is 0 Å². The predicted molar refractivity (Wildman–Crippen MR) is 49.0 cm³/mol. The fourth-order valence-corrected chi connectivity index (χ4v) is 0.873. The van der Waals surface area contributed by atoms with Crippen LogP contribution >= 0.6 is 0 Å². The quantitative estimate of drug-likeness (QED) is 0.695. The summed E-state index contributed by atoms with van der Waals surface area (Å²) in [6.07, 6.45) is 0.257. The summed E-state index contributed by atoms with van der Waals surface area (Å²) in [5.41, 5.74) is 0. The molecule has 1 aromatic rings. The predicted octanol–water partition coefficient (Wildman–Crippen LogP) is 1.40. The first kappa shape index (κ1) is 9.92. The summed E-state index contributed by atoms with van der Waals surface area (Å²) in [6.45, 7) is 2.28. The lowest BCUT2D eigenvalue weighted by Gasteiger charge is -2.09. The van der Waals surface area contributed by atoms with Crippen LogP contribution in [0.15, 0.2) is 18.2 Å². The van der Waals surface area contributed by atoms with Gasteiger partial charge >= 0.3 is 0 Å². The normalized spacial score (nSPS) is 12.5. The van der Waals surface area contributed by atoms with Gasteiger partial charge in [0.1, 0.15) is 5.82 Å². The van der Waals surface area contributed by atoms with Gasteiger partial charge in [0.05, 0.1) is 6.10 Å². The average Bonchev–Trinajstić information content (AvgIpc) is 2.14. The second-order valence-electron chi connectivity index (χ2n) is 2.79. The Balaban J connectivity index is 2.45. The minimum Gasteiger partial charge on any atom is -0.391 e. The number of pyridine rings is 1. The minimum atomic E-state index is -0.518. The van der Waals surface area contributed by atoms with Crippen LogP contribution in [0.3, 0.4) is 0 Å². The first-order chi connectivity index (χ1) is 6.22. The number of rotatable bonds is 4. The summed E-state index contributed by atoms with van der Waals surface area (Å²) in [7, 11) is 0. The largest absolute Gasteiger partial charge is 0.391 e. The van der Waals surface area contributed by atoms with E-state index in [1.54, 1.807) is 12.1 Å². The third-order valence-electron chi connectivity index (χ3n) is 1.71. The Bertz CT molecular complexity index is 268. The van der Waals surface area contributed by atoms with E-state index in [1.165, 1.54) is 6.07 Å². The van der Waals surface area contributed by atoms with Crippen molar-refractivity contribution < 1.29 is 9.50 Å². The molecule has 4 heteroatoms. The zero-order valence-electron chi connectivity index (χ0n) is 7.50. The maximum atomic E-state index is 12.6. The van der Waals surface area contributed by atoms with Crippen LogP contribution in [0.2, 0.25) is 0 Å². The van der Waals surface area contributed by atoms with Gasteiger partial charge in [0.25, 0.3) is 0 Å². The van der Waals surface area contributed by atoms with E-state index in [0.717, 1.165) is 0 Å². The molecule has 0 spiro atoms. The zero-order chi connectivity index (χ0) is 9.68. The van der Waals surface area contributed by atoms with Gasteiger partial charge in [0.15, 0.2) is 0 Å². The maximum absolute atomic E-state index is 12.6. The number of aliphatic hydroxyl groups is 1. The van der Waals surface area contributed by atoms with E-state index in [1.807, 2.05) is 6.92 Å². The second-order valence-corrected chi connectivity index (χ2v) is 2.79. The van der Waals surface area contributed by atoms with Crippen molar-refractivity contribution in [2.24, 2.45) is 0 Å². The number of anilines is 1. The molecule has 13 heavy (non-hydrogen) atoms. The third kappa shape index (κ3) is 3.38. The SMILES string of the molecule is CCC(O)CNc1cccc(F)n1. The van der Waals surface area contributed by atoms with Crippen molar-refractivity contribution in [2.45, 2.75) is 19.4 Å². The average molecular weight is 184 g/mol. The lowest BCUT2D eigenvalue weighted by molar-refractivity contribution is 0.183. The standard InChI is InChI=1S/C9H13FN2O/c1-2-7(13)6-11-9-5-3-4-8(10)12-9/h3-5,7,13H,2,6H2,1H3,(H,11,12). The van der Waals surface area contributed by atoms with Crippen LogP contribution in [0.5, 0.6) is 0 Å². The highest BCUT2D eigenvalue weighted by Gasteiger charge is 2.00. The Labute approximate surface area is 76.6 Å². The molecule has 2 N–H and O–H groups in total. The van der Waals surface area contributed by atoms with Crippen molar-refractivity contribution in [3.63, 3.8) is 0 Å². The van der Waals surface area contributed by atoms with Gasteiger partial charge < -0.3 is 10.4 Å². The van der Waals surface area contributed by atoms with Crippen molar-refractivity contribution >= 4 is 5.82 Å². The summed E-state index contributed by atoms with van der Waals surface area (Å²) in [4.78, 5) is 3.59. The van der Waals surface area contributed by atoms with Crippen molar-refractivity contribution in [1.82, 2.24) is 4.98 Å². The molecule has 0 aliphatic heterocycles. The van der Waals surface area contributed by atoms with Crippen LogP contribution in [0.25, 0.3) is 0 Å². The molecule has 0 bridgehead atoms. The number of aliphatic hydroxyl groups excluding tert-OH is 1. The molecule has 0 aliphatic rings. The van der Waals surface area contributed by atoms with Crippen LogP contribution in [-0.2, 0) is 0 Å². The van der Waals surface area contributed by atoms with Gasteiger partial charge in [-0.3, -0.25) is 0 Å². The highest BCUT2D eigenvalue weighted by molar-refractivity contribution is 5.33. The highest BCUT2D eigenvalue weighted by Crippen LogP contribution is 2.03. The van der Waals surface area contributed by atoms with Crippen molar-refractivity contribution in [3.8, 4) is 0 Å². The summed E-state index contributed by atoms with van der Waals surface area (Å²) >= 11 is 0. The lowest BCUT2D eigenvalue weighted by Crippen LogP contribution is -2.18. The second kappa shape index (κ2) is 4.77. The summed E-state index contributed by atoms with van der Waals surface area (Å²) in [5, 5.41) is 12.0. The number of nitrogens with zero attached hydrogens (tertiary/aromatic N) is 1. The molecule has 0 radical (unpaired) electrons. The molecule has 1 heterocycles. The molecule has 1 atom stereocenters. The molecular formula is C9H13FN2O. The summed E-state index contributed by atoms with van der Waals surface area (Å²) < 4.78 is 12.6. The van der Waals surface area contributed by atoms with E-state index in [4.69, 9.17) is 0 Å². The zero-order valence-corrected chi connectivity index (χ0v) is 7.50. The molecule has 1 rings (SSSR count). The summed E-state index contributed by atoms with van der Waals surface area (Å²) in [6, 6.07) is 4.51. The fourth-order valence-electron chi connectivity index (χ4n) is 0.873. The van der Waals surface area contributed by atoms with Crippen LogP contribution in [-0.4, -0.2) is 22.7 Å². The van der Waals surface area contributed by atoms with E-state index in [-0.39, 0.29) is 0 Å². The molecule has 1 unspecified atom stereocenters. The van der Waals surface area contributed by atoms with Crippen molar-refractivity contribution in [2.75, 3.05) is 11.9 Å². The van der Waals surface area contributed by atoms with E-state index in [9.17, 15) is 9.50 Å². The van der Waals surface area contributed by atoms with Crippen molar-refractivity contribution in [1.29, 1.82) is 0 Å². The highest BCUT2D eigenvalue weighted by atomic mass is 19.1. The van der Waals surface area contributed by atoms with Gasteiger partial charge in [0.2, 0.25) is 5.95 Å². The Morgan fingerprint density at radius 3 is 3.00 bits per heavy atom. The number of hydrogen-bond donors (Lipinski definition) is 2. The number of hydrogen-bond acceptors (Lipinski definition) is 3. The molecule has 0 aliphatic carbocycles. The fraction of sp³-hybridized carbons (Fsp3) is 0.444. The molecule has 0 fully saturated rings. The Morgan fingerprint density at radius 2 is 2.38 bits per heavy atom. The maximum Gasteiger partial charge on any atom is 0.214 e. The molecule has 0 amide bonds. The summed E-state index contributed by atoms with van der Waals surface area (Å²) in [5.74, 6) is -0.0662. The van der Waals surface area contributed by atoms with Crippen LogP contribution < -0.4 is 5.32 Å². The molecule has 72 valence electrons. The van der Waals surface area contributed by atoms with E-state index in [2.05, 4.69) is 10.3 Å². The van der Waals surface area contributed by atoms with Crippen LogP contribution in [0.4, 0.5) is 10.2 Å². The van der Waals surface area contributed by atoms with E-state index >= 15 is 0 Å². The van der Waals surface area contributed by atoms with E-state index < -0.39 is 12.1 Å². The third-order valence-corrected chi connectivity index (χ3v) is 1.71. The Kier molecular flexibility index (Phi) is 3.64. The monoisotopic (exact) mass is 184 g/mol. The van der Waals surface area contributed by atoms with Gasteiger partial charge in [-0.25, -0.2) is 4.98 Å². The van der Waals surface area contributed by atoms with Gasteiger partial charge in [-0.2, -0.15) is 4.39 Å². The lowest BCUT2D eigenvalue weighted by atomic mass is 10.3. The Morgan fingerprint density at radius 1 is 1.62 bits per heavy atom. The first-order valence-corrected chi connectivity index (χ1v) is 4.27. The topological polar surface area (TPSA) is 45.1 Å². The van der Waals surface area contributed by atoms with Gasteiger partial charge in [-0.05, 0) is 18.6 Å². The molecule has 1 aromatic heterocycles.